The van der Waals surface area contributed by atoms with Gasteiger partial charge in [0.2, 0.25) is 0 Å². The molecule has 0 saturated heterocycles. The summed E-state index contributed by atoms with van der Waals surface area (Å²) in [5.41, 5.74) is 0.0314. The molecule has 0 aliphatic heterocycles. The van der Waals surface area contributed by atoms with E-state index in [0.29, 0.717) is 18.7 Å². The van der Waals surface area contributed by atoms with Crippen molar-refractivity contribution in [3.63, 3.8) is 0 Å². The molecule has 0 spiro atoms. The van der Waals surface area contributed by atoms with Crippen molar-refractivity contribution in [2.45, 2.75) is 40.5 Å². The van der Waals surface area contributed by atoms with Crippen LogP contribution in [0.4, 0.5) is 0 Å². The van der Waals surface area contributed by atoms with E-state index in [9.17, 15) is 9.59 Å². The van der Waals surface area contributed by atoms with Gasteiger partial charge in [0.25, 0.3) is 0 Å². The maximum Gasteiger partial charge on any atom is 0.168 e. The second-order valence-electron chi connectivity index (χ2n) is 5.26. The number of amidine groups is 1. The minimum absolute atomic E-state index is 0.0948. The molecule has 1 N–H and O–H groups in total. The van der Waals surface area contributed by atoms with Crippen molar-refractivity contribution < 1.29 is 9.59 Å². The lowest BCUT2D eigenvalue weighted by molar-refractivity contribution is -0.127. The summed E-state index contributed by atoms with van der Waals surface area (Å²) in [4.78, 5) is 27.8. The number of carbonyl (C=O) groups excluding carboxylic acids is 2. The molecule has 98 valence electrons. The lowest BCUT2D eigenvalue weighted by Gasteiger charge is -2.28. The number of Topliss-reactive ketones (excluding diaryl/α,β-unsaturated/α-hetero) is 2. The molecule has 0 amide bonds. The number of allylic oxidation sites excluding steroid dienone is 2. The topological polar surface area (TPSA) is 58.5 Å². The zero-order valence-corrected chi connectivity index (χ0v) is 11.4. The molecule has 1 aliphatic rings. The van der Waals surface area contributed by atoms with Crippen LogP contribution < -0.4 is 5.32 Å². The van der Waals surface area contributed by atoms with Crippen LogP contribution in [0.1, 0.15) is 40.5 Å². The summed E-state index contributed by atoms with van der Waals surface area (Å²) in [6.07, 6.45) is 5.75. The highest BCUT2D eigenvalue weighted by molar-refractivity contribution is 6.22. The molecule has 4 nitrogen and oxygen atoms in total. The zero-order valence-electron chi connectivity index (χ0n) is 11.4. The van der Waals surface area contributed by atoms with Gasteiger partial charge < -0.3 is 5.32 Å². The number of nitrogens with one attached hydrogen (secondary N) is 1. The summed E-state index contributed by atoms with van der Waals surface area (Å²) in [6, 6.07) is 0. The van der Waals surface area contributed by atoms with Crippen LogP contribution in [0.5, 0.6) is 0 Å². The van der Waals surface area contributed by atoms with Gasteiger partial charge in [-0.25, -0.2) is 4.99 Å². The molecule has 0 heterocycles. The van der Waals surface area contributed by atoms with Gasteiger partial charge in [-0.15, -0.1) is 0 Å². The first kappa shape index (κ1) is 14.4. The largest absolute Gasteiger partial charge is 0.350 e. The highest BCUT2D eigenvalue weighted by atomic mass is 16.1. The average Bonchev–Trinajstić information content (AvgIpc) is 2.23. The number of rotatable bonds is 2. The number of carbonyl (C=O) groups is 2. The van der Waals surface area contributed by atoms with Crippen LogP contribution in [-0.4, -0.2) is 17.4 Å². The van der Waals surface area contributed by atoms with Gasteiger partial charge in [-0.2, -0.15) is 0 Å². The molecule has 0 atom stereocenters. The molecular formula is C14H20N2O2. The standard InChI is InChI=1S/C14H20N2O2/c1-5-6-15-10(2)16-9-11-12(17)7-14(3,4)8-13(11)18/h5-6,9H,7-8H2,1-4H3,(H,15,16)/b6-5-. The molecule has 1 aliphatic carbocycles. The van der Waals surface area contributed by atoms with E-state index in [1.165, 1.54) is 6.20 Å². The van der Waals surface area contributed by atoms with Crippen LogP contribution in [-0.2, 0) is 9.59 Å². The lowest BCUT2D eigenvalue weighted by Crippen LogP contribution is -2.32. The van der Waals surface area contributed by atoms with Crippen molar-refractivity contribution in [1.29, 1.82) is 0 Å². The van der Waals surface area contributed by atoms with Gasteiger partial charge in [-0.3, -0.25) is 9.59 Å². The van der Waals surface area contributed by atoms with Crippen LogP contribution in [0.15, 0.2) is 29.0 Å². The van der Waals surface area contributed by atoms with Crippen molar-refractivity contribution in [3.8, 4) is 0 Å². The number of hydrogen-bond acceptors (Lipinski definition) is 3. The Morgan fingerprint density at radius 3 is 2.33 bits per heavy atom. The monoisotopic (exact) mass is 248 g/mol. The first-order valence-electron chi connectivity index (χ1n) is 6.04. The lowest BCUT2D eigenvalue weighted by atomic mass is 9.74. The quantitative estimate of drug-likeness (QED) is 0.353. The molecule has 18 heavy (non-hydrogen) atoms. The van der Waals surface area contributed by atoms with Gasteiger partial charge in [-0.1, -0.05) is 19.9 Å². The first-order valence-corrected chi connectivity index (χ1v) is 6.04. The first-order chi connectivity index (χ1) is 8.35. The number of aliphatic imine (C=N–C) groups is 1. The molecule has 4 heteroatoms. The predicted octanol–water partition coefficient (Wildman–Crippen LogP) is 2.37. The minimum atomic E-state index is -0.223. The molecule has 0 aromatic rings. The van der Waals surface area contributed by atoms with Crippen LogP contribution in [0.25, 0.3) is 0 Å². The fraction of sp³-hybridized carbons (Fsp3) is 0.500. The average molecular weight is 248 g/mol. The Labute approximate surface area is 108 Å². The molecule has 1 saturated carbocycles. The third kappa shape index (κ3) is 3.95. The molecule has 0 unspecified atom stereocenters. The SMILES string of the molecule is C/C=C\N=C(/C)NC=C1C(=O)CC(C)(C)CC1=O. The number of ketones is 2. The summed E-state index contributed by atoms with van der Waals surface area (Å²) in [6.45, 7) is 7.52. The van der Waals surface area contributed by atoms with Crippen LogP contribution in [0, 0.1) is 5.41 Å². The van der Waals surface area contributed by atoms with E-state index < -0.39 is 0 Å². The van der Waals surface area contributed by atoms with E-state index in [1.807, 2.05) is 20.8 Å². The van der Waals surface area contributed by atoms with Gasteiger partial charge in [0.05, 0.1) is 5.57 Å². The van der Waals surface area contributed by atoms with Crippen LogP contribution in [0.2, 0.25) is 0 Å². The minimum Gasteiger partial charge on any atom is -0.350 e. The Morgan fingerprint density at radius 1 is 1.28 bits per heavy atom. The summed E-state index contributed by atoms with van der Waals surface area (Å²) >= 11 is 0. The zero-order chi connectivity index (χ0) is 13.8. The maximum atomic E-state index is 11.9. The third-order valence-corrected chi connectivity index (χ3v) is 2.72. The Balaban J connectivity index is 2.78. The smallest absolute Gasteiger partial charge is 0.168 e. The second-order valence-corrected chi connectivity index (χ2v) is 5.26. The summed E-state index contributed by atoms with van der Waals surface area (Å²) in [5, 5.41) is 2.87. The van der Waals surface area contributed by atoms with Gasteiger partial charge in [-0.05, 0) is 19.3 Å². The van der Waals surface area contributed by atoms with Crippen LogP contribution >= 0.6 is 0 Å². The molecular weight excluding hydrogens is 228 g/mol. The van der Waals surface area contributed by atoms with E-state index in [0.717, 1.165) is 0 Å². The van der Waals surface area contributed by atoms with Gasteiger partial charge in [0.1, 0.15) is 5.84 Å². The van der Waals surface area contributed by atoms with Gasteiger partial charge in [0.15, 0.2) is 11.6 Å². The Kier molecular flexibility index (Phi) is 4.59. The molecule has 0 aromatic carbocycles. The second kappa shape index (κ2) is 5.76. The highest BCUT2D eigenvalue weighted by Gasteiger charge is 2.35. The molecule has 0 radical (unpaired) electrons. The van der Waals surface area contributed by atoms with Crippen molar-refractivity contribution in [2.24, 2.45) is 10.4 Å². The van der Waals surface area contributed by atoms with E-state index in [2.05, 4.69) is 10.3 Å². The molecule has 1 rings (SSSR count). The van der Waals surface area contributed by atoms with E-state index in [4.69, 9.17) is 0 Å². The van der Waals surface area contributed by atoms with E-state index in [1.54, 1.807) is 19.2 Å². The number of nitrogens with zero attached hydrogens (tertiary/aromatic N) is 1. The fourth-order valence-corrected chi connectivity index (χ4v) is 1.84. The fourth-order valence-electron chi connectivity index (χ4n) is 1.84. The summed E-state index contributed by atoms with van der Waals surface area (Å²) in [7, 11) is 0. The van der Waals surface area contributed by atoms with Crippen molar-refractivity contribution in [1.82, 2.24) is 5.32 Å². The predicted molar refractivity (Wildman–Crippen MR) is 72.2 cm³/mol. The maximum absolute atomic E-state index is 11.9. The van der Waals surface area contributed by atoms with Gasteiger partial charge >= 0.3 is 0 Å². The van der Waals surface area contributed by atoms with Crippen LogP contribution in [0.3, 0.4) is 0 Å². The third-order valence-electron chi connectivity index (χ3n) is 2.72. The highest BCUT2D eigenvalue weighted by Crippen LogP contribution is 2.33. The summed E-state index contributed by atoms with van der Waals surface area (Å²) < 4.78 is 0. The van der Waals surface area contributed by atoms with E-state index in [-0.39, 0.29) is 22.6 Å². The van der Waals surface area contributed by atoms with Crippen molar-refractivity contribution >= 4 is 17.4 Å². The number of hydrogen-bond donors (Lipinski definition) is 1. The summed E-state index contributed by atoms with van der Waals surface area (Å²) in [5.74, 6) is 0.455. The van der Waals surface area contributed by atoms with Crippen molar-refractivity contribution in [3.05, 3.63) is 24.0 Å². The Hall–Kier alpha value is -1.71. The van der Waals surface area contributed by atoms with Gasteiger partial charge in [0, 0.05) is 25.2 Å². The normalized spacial score (nSPS) is 20.4. The Bertz CT molecular complexity index is 421. The molecule has 0 bridgehead atoms. The van der Waals surface area contributed by atoms with E-state index >= 15 is 0 Å². The molecule has 0 aromatic heterocycles. The Morgan fingerprint density at radius 2 is 1.83 bits per heavy atom. The molecule has 1 fully saturated rings. The van der Waals surface area contributed by atoms with Crippen molar-refractivity contribution in [2.75, 3.05) is 0 Å².